The van der Waals surface area contributed by atoms with Gasteiger partial charge in [0.1, 0.15) is 0 Å². The molecule has 1 aromatic carbocycles. The second-order valence-electron chi connectivity index (χ2n) is 6.82. The van der Waals surface area contributed by atoms with E-state index in [-0.39, 0.29) is 34.4 Å². The number of amides is 1. The summed E-state index contributed by atoms with van der Waals surface area (Å²) in [5.41, 5.74) is -3.23. The molecule has 27 heavy (non-hydrogen) atoms. The van der Waals surface area contributed by atoms with Gasteiger partial charge >= 0.3 is 6.18 Å². The maximum atomic E-state index is 13.9. The summed E-state index contributed by atoms with van der Waals surface area (Å²) in [6, 6.07) is 3.99. The number of ether oxygens (including phenoxy) is 2. The van der Waals surface area contributed by atoms with Crippen molar-refractivity contribution in [1.82, 2.24) is 5.01 Å². The van der Waals surface area contributed by atoms with E-state index in [0.29, 0.717) is 18.6 Å². The Morgan fingerprint density at radius 2 is 1.93 bits per heavy atom. The number of hydrogen-bond acceptors (Lipinski definition) is 5. The standard InChI is InChI=1S/C18H21F3N2O4/c1-10-5-4-6-12-15(10)22-23(17(12,25)18(19,20)21)16(24)11-7-8-13(26-2)14(9-11)27-3/h7-10,12,25H,4-6H2,1-3H3/t10-,12+,17+/m1/s1. The van der Waals surface area contributed by atoms with Crippen molar-refractivity contribution in [3.8, 4) is 11.5 Å². The third-order valence-corrected chi connectivity index (χ3v) is 5.26. The largest absolute Gasteiger partial charge is 0.493 e. The summed E-state index contributed by atoms with van der Waals surface area (Å²) in [4.78, 5) is 12.9. The van der Waals surface area contributed by atoms with Crippen molar-refractivity contribution >= 4 is 11.6 Å². The maximum Gasteiger partial charge on any atom is 0.439 e. The Kier molecular flexibility index (Phi) is 4.83. The van der Waals surface area contributed by atoms with E-state index in [0.717, 1.165) is 0 Å². The zero-order valence-electron chi connectivity index (χ0n) is 15.2. The molecule has 148 valence electrons. The van der Waals surface area contributed by atoms with E-state index in [2.05, 4.69) is 5.10 Å². The van der Waals surface area contributed by atoms with E-state index in [1.54, 1.807) is 6.92 Å². The lowest BCUT2D eigenvalue weighted by atomic mass is 9.75. The highest BCUT2D eigenvalue weighted by molar-refractivity contribution is 6.00. The smallest absolute Gasteiger partial charge is 0.439 e. The van der Waals surface area contributed by atoms with Gasteiger partial charge in [0, 0.05) is 11.3 Å². The average molecular weight is 386 g/mol. The minimum Gasteiger partial charge on any atom is -0.493 e. The van der Waals surface area contributed by atoms with Crippen LogP contribution in [0.1, 0.15) is 36.5 Å². The molecule has 0 spiro atoms. The summed E-state index contributed by atoms with van der Waals surface area (Å²) in [7, 11) is 2.75. The third-order valence-electron chi connectivity index (χ3n) is 5.26. The van der Waals surface area contributed by atoms with Gasteiger partial charge in [-0.05, 0) is 37.0 Å². The van der Waals surface area contributed by atoms with Crippen LogP contribution in [-0.4, -0.2) is 47.9 Å². The minimum atomic E-state index is -5.05. The second kappa shape index (κ2) is 6.70. The summed E-state index contributed by atoms with van der Waals surface area (Å²) >= 11 is 0. The highest BCUT2D eigenvalue weighted by Gasteiger charge is 2.69. The Hall–Kier alpha value is -2.29. The first-order chi connectivity index (χ1) is 12.6. The van der Waals surface area contributed by atoms with Crippen molar-refractivity contribution in [2.24, 2.45) is 16.9 Å². The molecule has 3 rings (SSSR count). The van der Waals surface area contributed by atoms with Crippen LogP contribution in [0, 0.1) is 11.8 Å². The van der Waals surface area contributed by atoms with Crippen LogP contribution in [0.15, 0.2) is 23.3 Å². The predicted octanol–water partition coefficient (Wildman–Crippen LogP) is 3.20. The fourth-order valence-electron chi connectivity index (χ4n) is 3.79. The molecule has 2 aliphatic rings. The first-order valence-corrected chi connectivity index (χ1v) is 8.59. The summed E-state index contributed by atoms with van der Waals surface area (Å²) in [5.74, 6) is -2.03. The van der Waals surface area contributed by atoms with E-state index in [1.165, 1.54) is 32.4 Å². The Balaban J connectivity index is 2.06. The van der Waals surface area contributed by atoms with Crippen molar-refractivity contribution < 1.29 is 32.5 Å². The summed E-state index contributed by atoms with van der Waals surface area (Å²) in [6.07, 6.45) is -3.73. The van der Waals surface area contributed by atoms with Gasteiger partial charge in [-0.2, -0.15) is 23.3 Å². The number of hydrogen-bond donors (Lipinski definition) is 1. The van der Waals surface area contributed by atoms with Gasteiger partial charge in [-0.25, -0.2) is 0 Å². The maximum absolute atomic E-state index is 13.9. The zero-order chi connectivity index (χ0) is 20.0. The van der Waals surface area contributed by atoms with Gasteiger partial charge in [0.15, 0.2) is 11.5 Å². The molecule has 6 nitrogen and oxygen atoms in total. The van der Waals surface area contributed by atoms with Gasteiger partial charge in [-0.1, -0.05) is 13.3 Å². The molecule has 9 heteroatoms. The van der Waals surface area contributed by atoms with Gasteiger partial charge in [0.05, 0.1) is 20.1 Å². The minimum absolute atomic E-state index is 0.0917. The Morgan fingerprint density at radius 3 is 2.52 bits per heavy atom. The van der Waals surface area contributed by atoms with E-state index in [9.17, 15) is 23.1 Å². The second-order valence-corrected chi connectivity index (χ2v) is 6.82. The van der Waals surface area contributed by atoms with E-state index in [4.69, 9.17) is 9.47 Å². The van der Waals surface area contributed by atoms with Crippen LogP contribution in [0.5, 0.6) is 11.5 Å². The van der Waals surface area contributed by atoms with Gasteiger partial charge in [0.25, 0.3) is 11.6 Å². The van der Waals surface area contributed by atoms with E-state index in [1.807, 2.05) is 0 Å². The molecule has 1 aliphatic heterocycles. The Bertz CT molecular complexity index is 780. The molecule has 0 unspecified atom stereocenters. The molecule has 1 N–H and O–H groups in total. The number of carbonyl (C=O) groups excluding carboxylic acids is 1. The van der Waals surface area contributed by atoms with Crippen molar-refractivity contribution in [1.29, 1.82) is 0 Å². The van der Waals surface area contributed by atoms with Crippen LogP contribution < -0.4 is 9.47 Å². The Morgan fingerprint density at radius 1 is 1.26 bits per heavy atom. The van der Waals surface area contributed by atoms with Crippen LogP contribution >= 0.6 is 0 Å². The van der Waals surface area contributed by atoms with Crippen molar-refractivity contribution in [3.05, 3.63) is 23.8 Å². The Labute approximate surface area is 154 Å². The lowest BCUT2D eigenvalue weighted by molar-refractivity contribution is -0.312. The predicted molar refractivity (Wildman–Crippen MR) is 90.7 cm³/mol. The molecule has 0 bridgehead atoms. The molecule has 1 heterocycles. The first kappa shape index (κ1) is 19.5. The molecular formula is C18H21F3N2O4. The number of nitrogens with zero attached hydrogens (tertiary/aromatic N) is 2. The normalized spacial score (nSPS) is 27.8. The molecular weight excluding hydrogens is 365 g/mol. The number of rotatable bonds is 3. The van der Waals surface area contributed by atoms with E-state index < -0.39 is 23.7 Å². The van der Waals surface area contributed by atoms with Crippen molar-refractivity contribution in [3.63, 3.8) is 0 Å². The topological polar surface area (TPSA) is 71.4 Å². The van der Waals surface area contributed by atoms with Gasteiger partial charge < -0.3 is 14.6 Å². The number of hydrazone groups is 1. The lowest BCUT2D eigenvalue weighted by Crippen LogP contribution is -2.61. The number of carbonyl (C=O) groups is 1. The third kappa shape index (κ3) is 2.93. The van der Waals surface area contributed by atoms with Gasteiger partial charge in [-0.3, -0.25) is 4.79 Å². The van der Waals surface area contributed by atoms with Crippen LogP contribution in [0.4, 0.5) is 13.2 Å². The number of fused-ring (bicyclic) bond motifs is 1. The monoisotopic (exact) mass is 386 g/mol. The summed E-state index contributed by atoms with van der Waals surface area (Å²) in [5, 5.41) is 14.8. The molecule has 1 amide bonds. The number of alkyl halides is 3. The lowest BCUT2D eigenvalue weighted by Gasteiger charge is -2.39. The number of aliphatic hydroxyl groups is 1. The van der Waals surface area contributed by atoms with Crippen molar-refractivity contribution in [2.45, 2.75) is 38.1 Å². The number of methoxy groups -OCH3 is 2. The molecule has 1 aliphatic carbocycles. The quantitative estimate of drug-likeness (QED) is 0.866. The molecule has 0 radical (unpaired) electrons. The molecule has 0 saturated heterocycles. The summed E-state index contributed by atoms with van der Waals surface area (Å²) < 4.78 is 51.8. The zero-order valence-corrected chi connectivity index (χ0v) is 15.2. The molecule has 1 fully saturated rings. The molecule has 3 atom stereocenters. The number of halogens is 3. The van der Waals surface area contributed by atoms with Crippen LogP contribution in [0.3, 0.4) is 0 Å². The number of benzene rings is 1. The summed E-state index contributed by atoms with van der Waals surface area (Å²) in [6.45, 7) is 1.76. The molecule has 1 saturated carbocycles. The van der Waals surface area contributed by atoms with Crippen LogP contribution in [0.25, 0.3) is 0 Å². The molecule has 1 aromatic rings. The van der Waals surface area contributed by atoms with Crippen molar-refractivity contribution in [2.75, 3.05) is 14.2 Å². The first-order valence-electron chi connectivity index (χ1n) is 8.59. The fourth-order valence-corrected chi connectivity index (χ4v) is 3.79. The average Bonchev–Trinajstić information content (AvgIpc) is 2.96. The van der Waals surface area contributed by atoms with Crippen LogP contribution in [-0.2, 0) is 0 Å². The highest BCUT2D eigenvalue weighted by atomic mass is 19.4. The fraction of sp³-hybridized carbons (Fsp3) is 0.556. The van der Waals surface area contributed by atoms with Crippen LogP contribution in [0.2, 0.25) is 0 Å². The van der Waals surface area contributed by atoms with Gasteiger partial charge in [0.2, 0.25) is 0 Å². The van der Waals surface area contributed by atoms with Gasteiger partial charge in [-0.15, -0.1) is 0 Å². The SMILES string of the molecule is COc1ccc(C(=O)N2N=C3[C@H](C)CCC[C@@H]3[C@]2(O)C(F)(F)F)cc1OC. The van der Waals surface area contributed by atoms with E-state index >= 15 is 0 Å². The highest BCUT2D eigenvalue weighted by Crippen LogP contribution is 2.49. The molecule has 0 aromatic heterocycles.